The van der Waals surface area contributed by atoms with Crippen molar-refractivity contribution < 1.29 is 14.4 Å². The van der Waals surface area contributed by atoms with Gasteiger partial charge in [-0.2, -0.15) is 0 Å². The highest BCUT2D eigenvalue weighted by Gasteiger charge is 2.17. The van der Waals surface area contributed by atoms with Crippen molar-refractivity contribution >= 4 is 22.6 Å². The van der Waals surface area contributed by atoms with E-state index in [-0.39, 0.29) is 18.1 Å². The van der Waals surface area contributed by atoms with E-state index in [0.717, 1.165) is 28.8 Å². The summed E-state index contributed by atoms with van der Waals surface area (Å²) in [5.41, 5.74) is 2.97. The maximum Gasteiger partial charge on any atom is 0.322 e. The summed E-state index contributed by atoms with van der Waals surface area (Å²) in [5, 5.41) is 3.87. The molecule has 0 atom stereocenters. The van der Waals surface area contributed by atoms with Gasteiger partial charge in [-0.15, -0.1) is 0 Å². The van der Waals surface area contributed by atoms with Gasteiger partial charge in [0.05, 0.1) is 40.8 Å². The Morgan fingerprint density at radius 1 is 1.13 bits per heavy atom. The third kappa shape index (κ3) is 5.39. The van der Waals surface area contributed by atoms with Gasteiger partial charge in [0.25, 0.3) is 5.56 Å². The van der Waals surface area contributed by atoms with Crippen molar-refractivity contribution in [2.24, 2.45) is 0 Å². The van der Waals surface area contributed by atoms with Crippen LogP contribution in [0, 0.1) is 6.92 Å². The number of aryl methyl sites for hydroxylation is 1. The molecule has 0 radical (unpaired) electrons. The number of carbonyl (C=O) groups is 1. The van der Waals surface area contributed by atoms with Gasteiger partial charge in [0.1, 0.15) is 5.75 Å². The fourth-order valence-electron chi connectivity index (χ4n) is 3.18. The number of nitrogens with one attached hydrogen (secondary N) is 3. The highest BCUT2D eigenvalue weighted by molar-refractivity contribution is 5.89. The molecule has 1 aromatic heterocycles. The van der Waals surface area contributed by atoms with Gasteiger partial charge in [-0.3, -0.25) is 4.79 Å². The van der Waals surface area contributed by atoms with Crippen molar-refractivity contribution in [1.82, 2.24) is 9.88 Å². The third-order valence-electron chi connectivity index (χ3n) is 4.95. The van der Waals surface area contributed by atoms with E-state index in [4.69, 9.17) is 4.74 Å². The number of ether oxygens (including phenoxy) is 1. The number of carbonyl (C=O) groups excluding carboxylic acids is 1. The van der Waals surface area contributed by atoms with E-state index in [1.54, 1.807) is 36.3 Å². The lowest BCUT2D eigenvalue weighted by atomic mass is 10.1. The summed E-state index contributed by atoms with van der Waals surface area (Å²) in [4.78, 5) is 31.4. The van der Waals surface area contributed by atoms with Gasteiger partial charge in [-0.25, -0.2) is 4.79 Å². The molecule has 0 fully saturated rings. The average molecular weight is 410 g/mol. The largest absolute Gasteiger partial charge is 0.497 e. The Labute approximate surface area is 176 Å². The minimum Gasteiger partial charge on any atom is -0.497 e. The Morgan fingerprint density at radius 3 is 2.53 bits per heavy atom. The fraction of sp³-hybridized carbons (Fsp3) is 0.304. The standard InChI is InChI=1S/C23H28N4O3/c1-16-5-10-21-17(13-16)14-18(22(28)25-21)15-27(12-11-26(2)3)23(29)24-19-6-8-20(30-4)9-7-19/h5-10,13-14H,11-12,15H2,1-4H3,(H,24,29)(H,25,28)/p+1. The number of amides is 2. The molecular weight excluding hydrogens is 380 g/mol. The van der Waals surface area contributed by atoms with E-state index in [9.17, 15) is 9.59 Å². The zero-order valence-electron chi connectivity index (χ0n) is 17.9. The van der Waals surface area contributed by atoms with Crippen molar-refractivity contribution in [1.29, 1.82) is 0 Å². The molecule has 0 spiro atoms. The Hall–Kier alpha value is -3.32. The summed E-state index contributed by atoms with van der Waals surface area (Å²) >= 11 is 0. The summed E-state index contributed by atoms with van der Waals surface area (Å²) in [6, 6.07) is 14.7. The van der Waals surface area contributed by atoms with E-state index in [1.165, 1.54) is 4.90 Å². The molecule has 3 aromatic rings. The molecule has 0 aliphatic rings. The van der Waals surface area contributed by atoms with Crippen molar-refractivity contribution in [3.05, 3.63) is 70.0 Å². The number of methoxy groups -OCH3 is 1. The highest BCUT2D eigenvalue weighted by Crippen LogP contribution is 2.17. The lowest BCUT2D eigenvalue weighted by Crippen LogP contribution is -3.06. The number of aromatic amines is 1. The van der Waals surface area contributed by atoms with E-state index in [0.29, 0.717) is 17.8 Å². The van der Waals surface area contributed by atoms with E-state index >= 15 is 0 Å². The average Bonchev–Trinajstić information content (AvgIpc) is 2.72. The van der Waals surface area contributed by atoms with Crippen molar-refractivity contribution in [2.45, 2.75) is 13.5 Å². The number of nitrogens with zero attached hydrogens (tertiary/aromatic N) is 1. The molecule has 158 valence electrons. The lowest BCUT2D eigenvalue weighted by Gasteiger charge is -2.23. The molecule has 0 saturated heterocycles. The molecule has 0 bridgehead atoms. The molecule has 0 aliphatic carbocycles. The van der Waals surface area contributed by atoms with E-state index in [1.807, 2.05) is 45.3 Å². The number of H-pyrrole nitrogens is 1. The fourth-order valence-corrected chi connectivity index (χ4v) is 3.18. The minimum atomic E-state index is -0.245. The van der Waals surface area contributed by atoms with Crippen LogP contribution in [0.25, 0.3) is 10.9 Å². The van der Waals surface area contributed by atoms with Gasteiger partial charge < -0.3 is 24.8 Å². The SMILES string of the molecule is COc1ccc(NC(=O)N(CC[NH+](C)C)Cc2cc3cc(C)ccc3[nH]c2=O)cc1. The number of aromatic nitrogens is 1. The summed E-state index contributed by atoms with van der Waals surface area (Å²) in [6.07, 6.45) is 0. The first-order valence-corrected chi connectivity index (χ1v) is 9.97. The second-order valence-corrected chi connectivity index (χ2v) is 7.75. The van der Waals surface area contributed by atoms with Crippen molar-refractivity contribution in [2.75, 3.05) is 39.6 Å². The maximum atomic E-state index is 13.0. The lowest BCUT2D eigenvalue weighted by molar-refractivity contribution is -0.857. The van der Waals surface area contributed by atoms with Crippen LogP contribution in [0.4, 0.5) is 10.5 Å². The highest BCUT2D eigenvalue weighted by atomic mass is 16.5. The number of quaternary nitrogens is 1. The third-order valence-corrected chi connectivity index (χ3v) is 4.95. The first-order chi connectivity index (χ1) is 14.4. The van der Waals surface area contributed by atoms with Crippen LogP contribution in [-0.2, 0) is 6.54 Å². The first kappa shape index (κ1) is 21.4. The predicted molar refractivity (Wildman–Crippen MR) is 119 cm³/mol. The van der Waals surface area contributed by atoms with Crippen LogP contribution in [0.15, 0.2) is 53.3 Å². The zero-order valence-corrected chi connectivity index (χ0v) is 17.9. The summed E-state index contributed by atoms with van der Waals surface area (Å²) in [5.74, 6) is 0.721. The quantitative estimate of drug-likeness (QED) is 0.559. The molecule has 0 unspecified atom stereocenters. The summed E-state index contributed by atoms with van der Waals surface area (Å²) in [6.45, 7) is 3.53. The smallest absolute Gasteiger partial charge is 0.322 e. The number of pyridine rings is 1. The molecule has 2 aromatic carbocycles. The Bertz CT molecular complexity index is 1070. The van der Waals surface area contributed by atoms with Crippen molar-refractivity contribution in [3.8, 4) is 5.75 Å². The van der Waals surface area contributed by atoms with Crippen LogP contribution in [-0.4, -0.2) is 50.2 Å². The molecule has 3 N–H and O–H groups in total. The molecule has 3 rings (SSSR count). The minimum absolute atomic E-state index is 0.175. The molecule has 0 aliphatic heterocycles. The summed E-state index contributed by atoms with van der Waals surface area (Å²) in [7, 11) is 5.66. The number of benzene rings is 2. The van der Waals surface area contributed by atoms with E-state index < -0.39 is 0 Å². The number of urea groups is 1. The molecule has 2 amide bonds. The number of hydrogen-bond acceptors (Lipinski definition) is 3. The van der Waals surface area contributed by atoms with Gasteiger partial charge in [0, 0.05) is 16.8 Å². The second-order valence-electron chi connectivity index (χ2n) is 7.75. The van der Waals surface area contributed by atoms with Gasteiger partial charge in [-0.1, -0.05) is 11.6 Å². The molecule has 0 saturated carbocycles. The van der Waals surface area contributed by atoms with Crippen LogP contribution >= 0.6 is 0 Å². The summed E-state index contributed by atoms with van der Waals surface area (Å²) < 4.78 is 5.16. The molecular formula is C23H29N4O3+. The van der Waals surface area contributed by atoms with Crippen LogP contribution < -0.4 is 20.5 Å². The molecule has 30 heavy (non-hydrogen) atoms. The van der Waals surface area contributed by atoms with Crippen LogP contribution in [0.1, 0.15) is 11.1 Å². The number of anilines is 1. The zero-order chi connectivity index (χ0) is 21.7. The first-order valence-electron chi connectivity index (χ1n) is 9.97. The van der Waals surface area contributed by atoms with Gasteiger partial charge in [0.2, 0.25) is 0 Å². The van der Waals surface area contributed by atoms with Crippen LogP contribution in [0.3, 0.4) is 0 Å². The predicted octanol–water partition coefficient (Wildman–Crippen LogP) is 2.02. The number of rotatable bonds is 7. The Kier molecular flexibility index (Phi) is 6.74. The second kappa shape index (κ2) is 9.45. The monoisotopic (exact) mass is 409 g/mol. The Balaban J connectivity index is 1.83. The number of hydrogen-bond donors (Lipinski definition) is 3. The van der Waals surface area contributed by atoms with Gasteiger partial charge in [0.15, 0.2) is 0 Å². The molecule has 7 nitrogen and oxygen atoms in total. The normalized spacial score (nSPS) is 11.0. The van der Waals surface area contributed by atoms with Crippen LogP contribution in [0.5, 0.6) is 5.75 Å². The van der Waals surface area contributed by atoms with Crippen molar-refractivity contribution in [3.63, 3.8) is 0 Å². The van der Waals surface area contributed by atoms with Gasteiger partial charge in [-0.05, 0) is 54.8 Å². The Morgan fingerprint density at radius 2 is 1.87 bits per heavy atom. The molecule has 7 heteroatoms. The molecule has 1 heterocycles. The number of fused-ring (bicyclic) bond motifs is 1. The van der Waals surface area contributed by atoms with E-state index in [2.05, 4.69) is 10.3 Å². The number of likely N-dealkylation sites (N-methyl/N-ethyl adjacent to an activating group) is 1. The van der Waals surface area contributed by atoms with Gasteiger partial charge >= 0.3 is 6.03 Å². The van der Waals surface area contributed by atoms with Crippen LogP contribution in [0.2, 0.25) is 0 Å². The topological polar surface area (TPSA) is 78.9 Å². The maximum absolute atomic E-state index is 13.0.